The van der Waals surface area contributed by atoms with E-state index < -0.39 is 30.1 Å². The van der Waals surface area contributed by atoms with Crippen molar-refractivity contribution in [1.29, 1.82) is 0 Å². The van der Waals surface area contributed by atoms with Gasteiger partial charge in [-0.1, -0.05) is 48.5 Å². The predicted octanol–water partition coefficient (Wildman–Crippen LogP) is 3.51. The smallest absolute Gasteiger partial charge is 0.414 e. The molecule has 3 amide bonds. The van der Waals surface area contributed by atoms with E-state index in [1.165, 1.54) is 48.0 Å². The molecule has 9 heteroatoms. The predicted molar refractivity (Wildman–Crippen MR) is 121 cm³/mol. The number of ether oxygens (including phenoxy) is 2. The van der Waals surface area contributed by atoms with Gasteiger partial charge < -0.3 is 14.6 Å². The van der Waals surface area contributed by atoms with Gasteiger partial charge in [0.25, 0.3) is 11.8 Å². The molecule has 4 N–H and O–H groups in total. The molecule has 3 aromatic rings. The SMILES string of the molecule is O=C(/C=C/[C@H](Oc1ccccc1)[C@@H](OC(=O)NC(=O)c1ccccc1)c1ccc(O)cc1)NO. The fraction of sp³-hybridized carbons (Fsp3) is 0.0800. The summed E-state index contributed by atoms with van der Waals surface area (Å²) in [6.45, 7) is 0. The van der Waals surface area contributed by atoms with E-state index in [-0.39, 0.29) is 11.3 Å². The van der Waals surface area contributed by atoms with E-state index >= 15 is 0 Å². The summed E-state index contributed by atoms with van der Waals surface area (Å²) in [7, 11) is 0. The van der Waals surface area contributed by atoms with Crippen molar-refractivity contribution < 1.29 is 34.2 Å². The van der Waals surface area contributed by atoms with Crippen molar-refractivity contribution in [2.75, 3.05) is 0 Å². The van der Waals surface area contributed by atoms with Gasteiger partial charge in [0.2, 0.25) is 0 Å². The number of nitrogens with one attached hydrogen (secondary N) is 2. The van der Waals surface area contributed by atoms with Gasteiger partial charge in [-0.3, -0.25) is 20.1 Å². The Balaban J connectivity index is 1.89. The Hall–Kier alpha value is -4.63. The molecular formula is C25H22N2O7. The molecule has 0 heterocycles. The Bertz CT molecular complexity index is 1130. The third-order valence-electron chi connectivity index (χ3n) is 4.57. The number of imide groups is 1. The van der Waals surface area contributed by atoms with Crippen LogP contribution in [0.2, 0.25) is 0 Å². The fourth-order valence-electron chi connectivity index (χ4n) is 2.97. The van der Waals surface area contributed by atoms with Crippen molar-refractivity contribution in [3.05, 3.63) is 108 Å². The van der Waals surface area contributed by atoms with Crippen LogP contribution >= 0.6 is 0 Å². The van der Waals surface area contributed by atoms with E-state index in [9.17, 15) is 19.5 Å². The van der Waals surface area contributed by atoms with Crippen LogP contribution in [-0.4, -0.2) is 34.3 Å². The number of carbonyl (C=O) groups excluding carboxylic acids is 3. The van der Waals surface area contributed by atoms with Gasteiger partial charge in [0, 0.05) is 11.6 Å². The Labute approximate surface area is 195 Å². The molecule has 0 fully saturated rings. The third kappa shape index (κ3) is 6.94. The summed E-state index contributed by atoms with van der Waals surface area (Å²) in [5.41, 5.74) is 2.15. The van der Waals surface area contributed by atoms with Gasteiger partial charge in [-0.2, -0.15) is 0 Å². The molecule has 174 valence electrons. The number of hydrogen-bond donors (Lipinski definition) is 4. The average molecular weight is 462 g/mol. The van der Waals surface area contributed by atoms with Crippen LogP contribution in [0.5, 0.6) is 11.5 Å². The maximum atomic E-state index is 12.6. The summed E-state index contributed by atoms with van der Waals surface area (Å²) >= 11 is 0. The molecule has 0 unspecified atom stereocenters. The van der Waals surface area contributed by atoms with E-state index in [4.69, 9.17) is 14.7 Å². The summed E-state index contributed by atoms with van der Waals surface area (Å²) in [5.74, 6) is -1.09. The van der Waals surface area contributed by atoms with Gasteiger partial charge in [0.15, 0.2) is 12.2 Å². The summed E-state index contributed by atoms with van der Waals surface area (Å²) in [4.78, 5) is 36.6. The number of rotatable bonds is 8. The lowest BCUT2D eigenvalue weighted by atomic mass is 10.0. The van der Waals surface area contributed by atoms with Crippen LogP contribution in [0.4, 0.5) is 4.79 Å². The van der Waals surface area contributed by atoms with Crippen LogP contribution in [0.15, 0.2) is 97.1 Å². The Morgan fingerprint density at radius 3 is 2.09 bits per heavy atom. The zero-order chi connectivity index (χ0) is 24.3. The van der Waals surface area contributed by atoms with E-state index in [1.54, 1.807) is 48.5 Å². The molecule has 0 radical (unpaired) electrons. The molecule has 0 saturated carbocycles. The first-order valence-electron chi connectivity index (χ1n) is 10.2. The molecule has 0 aromatic heterocycles. The largest absolute Gasteiger partial charge is 0.508 e. The lowest BCUT2D eigenvalue weighted by molar-refractivity contribution is -0.124. The molecule has 34 heavy (non-hydrogen) atoms. The summed E-state index contributed by atoms with van der Waals surface area (Å²) in [5, 5.41) is 20.6. The number of hydroxylamine groups is 1. The first-order valence-corrected chi connectivity index (χ1v) is 10.2. The topological polar surface area (TPSA) is 134 Å². The summed E-state index contributed by atoms with van der Waals surface area (Å²) < 4.78 is 11.5. The van der Waals surface area contributed by atoms with Gasteiger partial charge in [0.05, 0.1) is 0 Å². The molecule has 0 aliphatic rings. The quantitative estimate of drug-likeness (QED) is 0.229. The normalized spacial score (nSPS) is 12.4. The van der Waals surface area contributed by atoms with Crippen LogP contribution < -0.4 is 15.5 Å². The van der Waals surface area contributed by atoms with Crippen molar-refractivity contribution in [2.24, 2.45) is 0 Å². The first-order chi connectivity index (χ1) is 16.5. The highest BCUT2D eigenvalue weighted by Gasteiger charge is 2.28. The lowest BCUT2D eigenvalue weighted by Gasteiger charge is -2.26. The van der Waals surface area contributed by atoms with Crippen molar-refractivity contribution in [3.8, 4) is 11.5 Å². The fourth-order valence-corrected chi connectivity index (χ4v) is 2.97. The maximum absolute atomic E-state index is 12.6. The molecule has 0 bridgehead atoms. The van der Waals surface area contributed by atoms with Gasteiger partial charge >= 0.3 is 6.09 Å². The number of amides is 3. The molecule has 3 rings (SSSR count). The minimum atomic E-state index is -1.15. The van der Waals surface area contributed by atoms with Gasteiger partial charge in [-0.15, -0.1) is 0 Å². The van der Waals surface area contributed by atoms with Crippen LogP contribution in [-0.2, 0) is 9.53 Å². The number of para-hydroxylation sites is 1. The lowest BCUT2D eigenvalue weighted by Crippen LogP contribution is -2.36. The number of aromatic hydroxyl groups is 1. The zero-order valence-electron chi connectivity index (χ0n) is 17.8. The van der Waals surface area contributed by atoms with Crippen LogP contribution in [0.25, 0.3) is 0 Å². The van der Waals surface area contributed by atoms with Crippen molar-refractivity contribution >= 4 is 17.9 Å². The maximum Gasteiger partial charge on any atom is 0.414 e. The molecule has 0 saturated heterocycles. The number of phenolic OH excluding ortho intramolecular Hbond substituents is 1. The highest BCUT2D eigenvalue weighted by atomic mass is 16.6. The van der Waals surface area contributed by atoms with E-state index in [2.05, 4.69) is 5.32 Å². The van der Waals surface area contributed by atoms with Crippen molar-refractivity contribution in [3.63, 3.8) is 0 Å². The molecule has 0 aliphatic heterocycles. The third-order valence-corrected chi connectivity index (χ3v) is 4.57. The number of alkyl carbamates (subject to hydrolysis) is 1. The number of phenols is 1. The molecule has 0 spiro atoms. The van der Waals surface area contributed by atoms with E-state index in [1.807, 2.05) is 0 Å². The highest BCUT2D eigenvalue weighted by Crippen LogP contribution is 2.28. The number of hydrogen-bond acceptors (Lipinski definition) is 7. The number of carbonyl (C=O) groups is 3. The standard InChI is InChI=1S/C25H22N2O7/c28-19-13-11-17(12-14-19)23(34-25(31)26-24(30)18-7-3-1-4-8-18)21(15-16-22(29)27-32)33-20-9-5-2-6-10-20/h1-16,21,23,28,32H,(H,27,29)(H,26,30,31)/b16-15+/t21-,23-/m0/s1. The second-order valence-corrected chi connectivity index (χ2v) is 6.97. The van der Waals surface area contributed by atoms with Gasteiger partial charge in [-0.05, 0) is 48.0 Å². The first kappa shape index (κ1) is 24.0. The average Bonchev–Trinajstić information content (AvgIpc) is 2.86. The Morgan fingerprint density at radius 1 is 0.853 bits per heavy atom. The van der Waals surface area contributed by atoms with Gasteiger partial charge in [0.1, 0.15) is 11.5 Å². The minimum absolute atomic E-state index is 0.0121. The van der Waals surface area contributed by atoms with Crippen LogP contribution in [0.1, 0.15) is 22.0 Å². The zero-order valence-corrected chi connectivity index (χ0v) is 17.8. The summed E-state index contributed by atoms with van der Waals surface area (Å²) in [6.07, 6.45) is -0.942. The molecule has 9 nitrogen and oxygen atoms in total. The Morgan fingerprint density at radius 2 is 1.47 bits per heavy atom. The number of benzene rings is 3. The van der Waals surface area contributed by atoms with Crippen LogP contribution in [0, 0.1) is 0 Å². The van der Waals surface area contributed by atoms with Gasteiger partial charge in [-0.25, -0.2) is 10.3 Å². The molecule has 0 aliphatic carbocycles. The van der Waals surface area contributed by atoms with Crippen LogP contribution in [0.3, 0.4) is 0 Å². The minimum Gasteiger partial charge on any atom is -0.508 e. The molecular weight excluding hydrogens is 440 g/mol. The summed E-state index contributed by atoms with van der Waals surface area (Å²) in [6, 6.07) is 22.5. The molecule has 2 atom stereocenters. The second kappa shape index (κ2) is 11.8. The monoisotopic (exact) mass is 462 g/mol. The van der Waals surface area contributed by atoms with Crippen molar-refractivity contribution in [1.82, 2.24) is 10.8 Å². The van der Waals surface area contributed by atoms with E-state index in [0.717, 1.165) is 6.08 Å². The molecule has 3 aromatic carbocycles. The highest BCUT2D eigenvalue weighted by molar-refractivity contribution is 6.02. The van der Waals surface area contributed by atoms with Crippen molar-refractivity contribution in [2.45, 2.75) is 12.2 Å². The Kier molecular flexibility index (Phi) is 8.36. The van der Waals surface area contributed by atoms with E-state index in [0.29, 0.717) is 11.3 Å². The second-order valence-electron chi connectivity index (χ2n) is 6.97.